The summed E-state index contributed by atoms with van der Waals surface area (Å²) in [6.07, 6.45) is 3.61. The molecule has 1 atom stereocenters. The summed E-state index contributed by atoms with van der Waals surface area (Å²) in [5.74, 6) is 2.80. The first-order valence-electron chi connectivity index (χ1n) is 6.85. The van der Waals surface area contributed by atoms with E-state index in [0.29, 0.717) is 12.0 Å². The summed E-state index contributed by atoms with van der Waals surface area (Å²) >= 11 is 0. The van der Waals surface area contributed by atoms with E-state index in [2.05, 4.69) is 30.5 Å². The molecular formula is C13H21Cl2N7. The molecule has 0 amide bonds. The van der Waals surface area contributed by atoms with Gasteiger partial charge in [0.05, 0.1) is 6.04 Å². The van der Waals surface area contributed by atoms with Gasteiger partial charge in [-0.25, -0.2) is 15.0 Å². The van der Waals surface area contributed by atoms with Gasteiger partial charge in [0.2, 0.25) is 0 Å². The molecule has 2 aromatic heterocycles. The Labute approximate surface area is 141 Å². The van der Waals surface area contributed by atoms with Crippen molar-refractivity contribution in [3.8, 4) is 0 Å². The van der Waals surface area contributed by atoms with Crippen molar-refractivity contribution in [3.63, 3.8) is 0 Å². The van der Waals surface area contributed by atoms with E-state index in [9.17, 15) is 0 Å². The zero-order chi connectivity index (χ0) is 14.1. The summed E-state index contributed by atoms with van der Waals surface area (Å²) in [4.78, 5) is 12.9. The fourth-order valence-corrected chi connectivity index (χ4v) is 2.42. The minimum Gasteiger partial charge on any atom is -0.360 e. The summed E-state index contributed by atoms with van der Waals surface area (Å²) < 4.78 is 0. The molecule has 1 aliphatic rings. The molecule has 0 spiro atoms. The lowest BCUT2D eigenvalue weighted by atomic mass is 9.78. The third-order valence-electron chi connectivity index (χ3n) is 3.65. The second-order valence-electron chi connectivity index (χ2n) is 5.40. The predicted molar refractivity (Wildman–Crippen MR) is 89.6 cm³/mol. The van der Waals surface area contributed by atoms with Crippen molar-refractivity contribution < 1.29 is 0 Å². The second kappa shape index (κ2) is 7.71. The number of H-pyrrole nitrogens is 1. The first-order valence-corrected chi connectivity index (χ1v) is 6.85. The van der Waals surface area contributed by atoms with Crippen LogP contribution in [-0.2, 0) is 0 Å². The van der Waals surface area contributed by atoms with Gasteiger partial charge in [-0.3, -0.25) is 5.10 Å². The third kappa shape index (κ3) is 4.06. The Hall–Kier alpha value is -1.44. The molecule has 9 heteroatoms. The molecule has 1 fully saturated rings. The summed E-state index contributed by atoms with van der Waals surface area (Å²) in [5, 5.41) is 10.3. The van der Waals surface area contributed by atoms with Crippen LogP contribution < -0.4 is 11.1 Å². The van der Waals surface area contributed by atoms with Crippen LogP contribution in [0.25, 0.3) is 0 Å². The average Bonchev–Trinajstić information content (AvgIpc) is 2.82. The van der Waals surface area contributed by atoms with E-state index in [0.717, 1.165) is 36.0 Å². The molecule has 4 N–H and O–H groups in total. The van der Waals surface area contributed by atoms with Crippen molar-refractivity contribution in [1.29, 1.82) is 0 Å². The highest BCUT2D eigenvalue weighted by atomic mass is 35.5. The summed E-state index contributed by atoms with van der Waals surface area (Å²) in [6.45, 7) is 3.88. The fraction of sp³-hybridized carbons (Fsp3) is 0.538. The standard InChI is InChI=1S/C13H19N7.2ClH/c1-7(13-18-8(2)19-20-13)17-12-5-11(15-6-16-12)9-3-10(14)4-9;;/h5-7,9-10H,3-4,14H2,1-2H3,(H,15,16,17)(H,18,19,20);2*1H. The summed E-state index contributed by atoms with van der Waals surface area (Å²) in [6, 6.07) is 2.31. The number of nitrogens with zero attached hydrogens (tertiary/aromatic N) is 4. The molecule has 0 aliphatic heterocycles. The number of rotatable bonds is 4. The average molecular weight is 346 g/mol. The summed E-state index contributed by atoms with van der Waals surface area (Å²) in [5.41, 5.74) is 6.88. The molecule has 1 aliphatic carbocycles. The normalized spacial score (nSPS) is 21.0. The predicted octanol–water partition coefficient (Wildman–Crippen LogP) is 2.12. The number of aryl methyl sites for hydroxylation is 1. The molecule has 3 rings (SSSR count). The van der Waals surface area contributed by atoms with Crippen LogP contribution >= 0.6 is 24.8 Å². The maximum Gasteiger partial charge on any atom is 0.172 e. The van der Waals surface area contributed by atoms with Gasteiger partial charge in [0.1, 0.15) is 18.0 Å². The molecule has 122 valence electrons. The molecule has 0 saturated heterocycles. The Kier molecular flexibility index (Phi) is 6.52. The van der Waals surface area contributed by atoms with Gasteiger partial charge in [0.15, 0.2) is 5.82 Å². The lowest BCUT2D eigenvalue weighted by molar-refractivity contribution is 0.345. The maximum absolute atomic E-state index is 5.82. The van der Waals surface area contributed by atoms with Gasteiger partial charge in [-0.1, -0.05) is 0 Å². The van der Waals surface area contributed by atoms with Crippen LogP contribution in [0, 0.1) is 6.92 Å². The number of nitrogens with two attached hydrogens (primary N) is 1. The molecule has 22 heavy (non-hydrogen) atoms. The molecular weight excluding hydrogens is 325 g/mol. The van der Waals surface area contributed by atoms with Crippen molar-refractivity contribution in [1.82, 2.24) is 25.1 Å². The topological polar surface area (TPSA) is 105 Å². The number of aromatic nitrogens is 5. The number of anilines is 1. The number of hydrogen-bond donors (Lipinski definition) is 3. The van der Waals surface area contributed by atoms with Gasteiger partial charge in [0.25, 0.3) is 0 Å². The van der Waals surface area contributed by atoms with Gasteiger partial charge >= 0.3 is 0 Å². The van der Waals surface area contributed by atoms with Crippen LogP contribution in [0.2, 0.25) is 0 Å². The first-order chi connectivity index (χ1) is 9.61. The Balaban J connectivity index is 0.00000121. The molecule has 1 unspecified atom stereocenters. The summed E-state index contributed by atoms with van der Waals surface area (Å²) in [7, 11) is 0. The van der Waals surface area contributed by atoms with Crippen LogP contribution in [0.4, 0.5) is 5.82 Å². The molecule has 2 heterocycles. The Morgan fingerprint density at radius 2 is 2.05 bits per heavy atom. The second-order valence-corrected chi connectivity index (χ2v) is 5.40. The number of hydrogen-bond acceptors (Lipinski definition) is 6. The van der Waals surface area contributed by atoms with Crippen LogP contribution in [0.3, 0.4) is 0 Å². The molecule has 0 aromatic carbocycles. The fourth-order valence-electron chi connectivity index (χ4n) is 2.42. The van der Waals surface area contributed by atoms with Gasteiger partial charge in [-0.15, -0.1) is 24.8 Å². The van der Waals surface area contributed by atoms with Crippen molar-refractivity contribution in [2.24, 2.45) is 5.73 Å². The van der Waals surface area contributed by atoms with E-state index in [-0.39, 0.29) is 30.9 Å². The van der Waals surface area contributed by atoms with Crippen LogP contribution in [0.15, 0.2) is 12.4 Å². The maximum atomic E-state index is 5.82. The lowest BCUT2D eigenvalue weighted by Gasteiger charge is -2.31. The monoisotopic (exact) mass is 345 g/mol. The highest BCUT2D eigenvalue weighted by molar-refractivity contribution is 5.85. The van der Waals surface area contributed by atoms with E-state index in [4.69, 9.17) is 5.73 Å². The van der Waals surface area contributed by atoms with Crippen molar-refractivity contribution in [3.05, 3.63) is 29.7 Å². The van der Waals surface area contributed by atoms with E-state index in [1.807, 2.05) is 19.9 Å². The van der Waals surface area contributed by atoms with Gasteiger partial charge in [-0.2, -0.15) is 5.10 Å². The zero-order valence-electron chi connectivity index (χ0n) is 12.5. The first kappa shape index (κ1) is 18.6. The number of nitrogens with one attached hydrogen (secondary N) is 2. The third-order valence-corrected chi connectivity index (χ3v) is 3.65. The Bertz CT molecular complexity index is 598. The number of aromatic amines is 1. The molecule has 0 radical (unpaired) electrons. The SMILES string of the molecule is Cc1nc(C(C)Nc2cc(C3CC(N)C3)ncn2)n[nH]1.Cl.Cl. The molecule has 7 nitrogen and oxygen atoms in total. The highest BCUT2D eigenvalue weighted by Gasteiger charge is 2.28. The zero-order valence-corrected chi connectivity index (χ0v) is 14.1. The van der Waals surface area contributed by atoms with E-state index in [1.54, 1.807) is 6.33 Å². The van der Waals surface area contributed by atoms with Crippen molar-refractivity contribution in [2.45, 2.75) is 44.7 Å². The van der Waals surface area contributed by atoms with Crippen molar-refractivity contribution >= 4 is 30.6 Å². The van der Waals surface area contributed by atoms with Crippen LogP contribution in [0.1, 0.15) is 49.1 Å². The smallest absolute Gasteiger partial charge is 0.172 e. The number of halogens is 2. The minimum absolute atomic E-state index is 0. The molecule has 1 saturated carbocycles. The van der Waals surface area contributed by atoms with Gasteiger partial charge in [-0.05, 0) is 26.7 Å². The Morgan fingerprint density at radius 3 is 2.64 bits per heavy atom. The van der Waals surface area contributed by atoms with E-state index in [1.165, 1.54) is 0 Å². The Morgan fingerprint density at radius 1 is 1.32 bits per heavy atom. The largest absolute Gasteiger partial charge is 0.360 e. The van der Waals surface area contributed by atoms with Crippen LogP contribution in [-0.4, -0.2) is 31.2 Å². The molecule has 2 aromatic rings. The minimum atomic E-state index is -0.00801. The van der Waals surface area contributed by atoms with E-state index < -0.39 is 0 Å². The van der Waals surface area contributed by atoms with Gasteiger partial charge < -0.3 is 11.1 Å². The van der Waals surface area contributed by atoms with Gasteiger partial charge in [0, 0.05) is 23.7 Å². The highest BCUT2D eigenvalue weighted by Crippen LogP contribution is 2.35. The van der Waals surface area contributed by atoms with Crippen molar-refractivity contribution in [2.75, 3.05) is 5.32 Å². The van der Waals surface area contributed by atoms with Crippen LogP contribution in [0.5, 0.6) is 0 Å². The molecule has 0 bridgehead atoms. The lowest BCUT2D eigenvalue weighted by Crippen LogP contribution is -2.35. The quantitative estimate of drug-likeness (QED) is 0.783. The van der Waals surface area contributed by atoms with E-state index >= 15 is 0 Å².